The van der Waals surface area contributed by atoms with Crippen molar-refractivity contribution < 1.29 is 9.90 Å². The van der Waals surface area contributed by atoms with Gasteiger partial charge in [0.15, 0.2) is 0 Å². The second-order valence-electron chi connectivity index (χ2n) is 2.52. The fraction of sp³-hybridized carbons (Fsp3) is 0.222. The molecule has 0 amide bonds. The van der Waals surface area contributed by atoms with Gasteiger partial charge >= 0.3 is 5.97 Å². The van der Waals surface area contributed by atoms with E-state index in [0.29, 0.717) is 6.42 Å². The molecule has 1 rings (SSSR count). The van der Waals surface area contributed by atoms with Gasteiger partial charge in [0, 0.05) is 10.9 Å². The molecule has 0 bridgehead atoms. The second-order valence-corrected chi connectivity index (χ2v) is 3.44. The molecule has 0 saturated carbocycles. The molecule has 13 heavy (non-hydrogen) atoms. The van der Waals surface area contributed by atoms with E-state index in [1.54, 1.807) is 0 Å². The van der Waals surface area contributed by atoms with Crippen LogP contribution in [0.2, 0.25) is 0 Å². The summed E-state index contributed by atoms with van der Waals surface area (Å²) in [5, 5.41) is 8.42. The van der Waals surface area contributed by atoms with Crippen LogP contribution in [-0.4, -0.2) is 11.1 Å². The molecule has 4 heteroatoms. The Morgan fingerprint density at radius 3 is 2.31 bits per heavy atom. The Bertz CT molecular complexity index is 271. The van der Waals surface area contributed by atoms with E-state index in [2.05, 4.69) is 15.9 Å². The molecule has 0 spiro atoms. The first-order chi connectivity index (χ1) is 5.68. The Balaban J connectivity index is 0.00000144. The van der Waals surface area contributed by atoms with Crippen LogP contribution >= 0.6 is 28.3 Å². The topological polar surface area (TPSA) is 37.3 Å². The number of aryl methyl sites for hydroxylation is 1. The third-order valence-corrected chi connectivity index (χ3v) is 2.07. The molecule has 0 radical (unpaired) electrons. The van der Waals surface area contributed by atoms with Crippen molar-refractivity contribution in [3.8, 4) is 0 Å². The number of halogens is 2. The van der Waals surface area contributed by atoms with Gasteiger partial charge in [-0.1, -0.05) is 28.1 Å². The van der Waals surface area contributed by atoms with Gasteiger partial charge in [0.1, 0.15) is 0 Å². The number of benzene rings is 1. The molecule has 0 saturated heterocycles. The summed E-state index contributed by atoms with van der Waals surface area (Å²) in [6, 6.07) is 7.68. The van der Waals surface area contributed by atoms with E-state index in [1.807, 2.05) is 24.3 Å². The van der Waals surface area contributed by atoms with Gasteiger partial charge in [-0.3, -0.25) is 4.79 Å². The Labute approximate surface area is 91.5 Å². The molecule has 0 atom stereocenters. The van der Waals surface area contributed by atoms with E-state index in [9.17, 15) is 4.79 Å². The highest BCUT2D eigenvalue weighted by atomic mass is 79.9. The van der Waals surface area contributed by atoms with Crippen molar-refractivity contribution in [3.05, 3.63) is 34.3 Å². The van der Waals surface area contributed by atoms with Crippen molar-refractivity contribution in [1.82, 2.24) is 0 Å². The molecule has 0 aliphatic heterocycles. The van der Waals surface area contributed by atoms with E-state index in [4.69, 9.17) is 5.11 Å². The minimum atomic E-state index is -0.752. The van der Waals surface area contributed by atoms with Crippen LogP contribution in [0.15, 0.2) is 28.7 Å². The molecule has 0 aromatic heterocycles. The Morgan fingerprint density at radius 1 is 1.31 bits per heavy atom. The zero-order valence-corrected chi connectivity index (χ0v) is 9.27. The molecule has 2 nitrogen and oxygen atoms in total. The van der Waals surface area contributed by atoms with E-state index in [-0.39, 0.29) is 18.8 Å². The van der Waals surface area contributed by atoms with Crippen LogP contribution in [0.1, 0.15) is 12.0 Å². The lowest BCUT2D eigenvalue weighted by Crippen LogP contribution is -1.96. The summed E-state index contributed by atoms with van der Waals surface area (Å²) in [7, 11) is 0. The molecule has 72 valence electrons. The second kappa shape index (κ2) is 6.00. The summed E-state index contributed by atoms with van der Waals surface area (Å²) in [4.78, 5) is 10.2. The van der Waals surface area contributed by atoms with Gasteiger partial charge in [-0.15, -0.1) is 12.4 Å². The fourth-order valence-electron chi connectivity index (χ4n) is 0.902. The molecule has 0 unspecified atom stereocenters. The number of carboxylic acids is 1. The number of hydrogen-bond donors (Lipinski definition) is 1. The summed E-state index contributed by atoms with van der Waals surface area (Å²) in [5.74, 6) is -0.752. The predicted molar refractivity (Wildman–Crippen MR) is 57.3 cm³/mol. The highest BCUT2D eigenvalue weighted by molar-refractivity contribution is 9.10. The third kappa shape index (κ3) is 4.90. The third-order valence-electron chi connectivity index (χ3n) is 1.54. The van der Waals surface area contributed by atoms with Gasteiger partial charge < -0.3 is 5.11 Å². The standard InChI is InChI=1S/C9H9BrO2.ClH/c10-8-4-1-7(2-5-8)3-6-9(11)12;/h1-2,4-5H,3,6H2,(H,11,12);1H. The number of carboxylic acid groups (broad SMARTS) is 1. The van der Waals surface area contributed by atoms with Crippen molar-refractivity contribution in [1.29, 1.82) is 0 Å². The minimum Gasteiger partial charge on any atom is -0.481 e. The van der Waals surface area contributed by atoms with E-state index in [1.165, 1.54) is 0 Å². The van der Waals surface area contributed by atoms with Gasteiger partial charge in [-0.05, 0) is 24.1 Å². The number of rotatable bonds is 3. The number of carbonyl (C=O) groups is 1. The maximum Gasteiger partial charge on any atom is 0.303 e. The van der Waals surface area contributed by atoms with Crippen LogP contribution in [0.25, 0.3) is 0 Å². The molecule has 1 aromatic rings. The van der Waals surface area contributed by atoms with Crippen LogP contribution in [0.4, 0.5) is 0 Å². The quantitative estimate of drug-likeness (QED) is 0.912. The predicted octanol–water partition coefficient (Wildman–Crippen LogP) is 2.89. The van der Waals surface area contributed by atoms with Gasteiger partial charge in [0.2, 0.25) is 0 Å². The van der Waals surface area contributed by atoms with E-state index >= 15 is 0 Å². The number of aliphatic carboxylic acids is 1. The first-order valence-corrected chi connectivity index (χ1v) is 4.44. The van der Waals surface area contributed by atoms with Crippen molar-refractivity contribution >= 4 is 34.3 Å². The first kappa shape index (κ1) is 12.5. The van der Waals surface area contributed by atoms with Crippen molar-refractivity contribution in [2.24, 2.45) is 0 Å². The molecular formula is C9H10BrClO2. The number of hydrogen-bond acceptors (Lipinski definition) is 1. The van der Waals surface area contributed by atoms with E-state index in [0.717, 1.165) is 10.0 Å². The maximum atomic E-state index is 10.2. The molecule has 0 aliphatic carbocycles. The summed E-state index contributed by atoms with van der Waals surface area (Å²) in [5.41, 5.74) is 1.06. The molecule has 1 N–H and O–H groups in total. The molecular weight excluding hydrogens is 255 g/mol. The lowest BCUT2D eigenvalue weighted by atomic mass is 10.1. The zero-order valence-electron chi connectivity index (χ0n) is 6.87. The Morgan fingerprint density at radius 2 is 1.85 bits per heavy atom. The largest absolute Gasteiger partial charge is 0.481 e. The van der Waals surface area contributed by atoms with Crippen LogP contribution in [0.5, 0.6) is 0 Å². The van der Waals surface area contributed by atoms with Gasteiger partial charge in [-0.25, -0.2) is 0 Å². The summed E-state index contributed by atoms with van der Waals surface area (Å²) in [6.07, 6.45) is 0.796. The maximum absolute atomic E-state index is 10.2. The monoisotopic (exact) mass is 264 g/mol. The first-order valence-electron chi connectivity index (χ1n) is 3.65. The van der Waals surface area contributed by atoms with Crippen LogP contribution in [0.3, 0.4) is 0 Å². The average molecular weight is 266 g/mol. The average Bonchev–Trinajstić information content (AvgIpc) is 2.03. The summed E-state index contributed by atoms with van der Waals surface area (Å²) in [6.45, 7) is 0. The highest BCUT2D eigenvalue weighted by Gasteiger charge is 1.97. The summed E-state index contributed by atoms with van der Waals surface area (Å²) < 4.78 is 1.02. The minimum absolute atomic E-state index is 0. The lowest BCUT2D eigenvalue weighted by molar-refractivity contribution is -0.136. The molecule has 0 fully saturated rings. The zero-order chi connectivity index (χ0) is 8.97. The smallest absolute Gasteiger partial charge is 0.303 e. The lowest BCUT2D eigenvalue weighted by Gasteiger charge is -1.97. The van der Waals surface area contributed by atoms with Crippen LogP contribution in [0, 0.1) is 0 Å². The highest BCUT2D eigenvalue weighted by Crippen LogP contribution is 2.11. The van der Waals surface area contributed by atoms with Crippen molar-refractivity contribution in [2.75, 3.05) is 0 Å². The Kier molecular flexibility index (Phi) is 5.75. The normalized spacial score (nSPS) is 9.00. The van der Waals surface area contributed by atoms with Gasteiger partial charge in [0.25, 0.3) is 0 Å². The van der Waals surface area contributed by atoms with Crippen LogP contribution in [-0.2, 0) is 11.2 Å². The SMILES string of the molecule is Cl.O=C(O)CCc1ccc(Br)cc1. The fourth-order valence-corrected chi connectivity index (χ4v) is 1.17. The molecule has 1 aromatic carbocycles. The van der Waals surface area contributed by atoms with Gasteiger partial charge in [0.05, 0.1) is 0 Å². The molecule has 0 aliphatic rings. The van der Waals surface area contributed by atoms with Crippen LogP contribution < -0.4 is 0 Å². The Hall–Kier alpha value is -0.540. The molecule has 0 heterocycles. The van der Waals surface area contributed by atoms with E-state index < -0.39 is 5.97 Å². The van der Waals surface area contributed by atoms with Crippen molar-refractivity contribution in [2.45, 2.75) is 12.8 Å². The summed E-state index contributed by atoms with van der Waals surface area (Å²) >= 11 is 3.31. The van der Waals surface area contributed by atoms with Gasteiger partial charge in [-0.2, -0.15) is 0 Å². The van der Waals surface area contributed by atoms with Crippen molar-refractivity contribution in [3.63, 3.8) is 0 Å².